The third-order valence-electron chi connectivity index (χ3n) is 3.35. The Morgan fingerprint density at radius 2 is 1.89 bits per heavy atom. The summed E-state index contributed by atoms with van der Waals surface area (Å²) in [5, 5.41) is 13.0. The van der Waals surface area contributed by atoms with Gasteiger partial charge in [0, 0.05) is 13.2 Å². The van der Waals surface area contributed by atoms with E-state index >= 15 is 0 Å². The zero-order valence-corrected chi connectivity index (χ0v) is 11.6. The monoisotopic (exact) mass is 261 g/mol. The van der Waals surface area contributed by atoms with Crippen LogP contribution in [0.4, 0.5) is 0 Å². The second-order valence-electron chi connectivity index (χ2n) is 4.82. The van der Waals surface area contributed by atoms with E-state index in [9.17, 15) is 5.11 Å². The molecule has 2 N–H and O–H groups in total. The zero-order valence-electron chi connectivity index (χ0n) is 11.6. The lowest BCUT2D eigenvalue weighted by Crippen LogP contribution is -2.34. The van der Waals surface area contributed by atoms with Gasteiger partial charge in [0.25, 0.3) is 0 Å². The Balaban J connectivity index is 1.99. The molecule has 0 spiro atoms. The van der Waals surface area contributed by atoms with Gasteiger partial charge in [0.1, 0.15) is 6.10 Å². The molecule has 108 valence electrons. The molecule has 1 unspecified atom stereocenters. The van der Waals surface area contributed by atoms with Crippen LogP contribution in [0.25, 0.3) is 0 Å². The molecule has 1 saturated carbocycles. The Morgan fingerprint density at radius 1 is 1.17 bits per heavy atom. The van der Waals surface area contributed by atoms with Gasteiger partial charge in [-0.3, -0.25) is 0 Å². The third-order valence-corrected chi connectivity index (χ3v) is 3.35. The van der Waals surface area contributed by atoms with Crippen LogP contribution in [0.15, 0.2) is 0 Å². The summed E-state index contributed by atoms with van der Waals surface area (Å²) >= 11 is 0. The molecule has 0 aliphatic heterocycles. The summed E-state index contributed by atoms with van der Waals surface area (Å²) in [5.74, 6) is 0. The normalized spacial score (nSPS) is 26.2. The van der Waals surface area contributed by atoms with E-state index in [1.807, 2.05) is 7.05 Å². The summed E-state index contributed by atoms with van der Waals surface area (Å²) in [6, 6.07) is 0.632. The van der Waals surface area contributed by atoms with Gasteiger partial charge < -0.3 is 24.6 Å². The SMILES string of the molecule is CNC1CCC(OCC(O)COCCOC)CC1. The van der Waals surface area contributed by atoms with E-state index in [-0.39, 0.29) is 0 Å². The van der Waals surface area contributed by atoms with Gasteiger partial charge in [0.15, 0.2) is 0 Å². The first-order chi connectivity index (χ1) is 8.76. The van der Waals surface area contributed by atoms with Crippen molar-refractivity contribution in [2.45, 2.75) is 43.9 Å². The number of hydrogen-bond donors (Lipinski definition) is 2. The van der Waals surface area contributed by atoms with Crippen LogP contribution in [0.2, 0.25) is 0 Å². The van der Waals surface area contributed by atoms with Crippen LogP contribution in [-0.4, -0.2) is 63.9 Å². The number of methoxy groups -OCH3 is 1. The highest BCUT2D eigenvalue weighted by Gasteiger charge is 2.21. The number of aliphatic hydroxyl groups excluding tert-OH is 1. The summed E-state index contributed by atoms with van der Waals surface area (Å²) in [5.41, 5.74) is 0. The standard InChI is InChI=1S/C13H27NO4/c1-14-11-3-5-13(6-4-11)18-10-12(15)9-17-8-7-16-2/h11-15H,3-10H2,1-2H3. The first-order valence-corrected chi connectivity index (χ1v) is 6.80. The van der Waals surface area contributed by atoms with Crippen LogP contribution in [-0.2, 0) is 14.2 Å². The molecule has 1 rings (SSSR count). The van der Waals surface area contributed by atoms with E-state index in [4.69, 9.17) is 14.2 Å². The number of ether oxygens (including phenoxy) is 3. The van der Waals surface area contributed by atoms with Gasteiger partial charge >= 0.3 is 0 Å². The molecule has 1 atom stereocenters. The fraction of sp³-hybridized carbons (Fsp3) is 1.00. The first-order valence-electron chi connectivity index (χ1n) is 6.80. The Morgan fingerprint density at radius 3 is 2.50 bits per heavy atom. The van der Waals surface area contributed by atoms with Crippen molar-refractivity contribution in [1.82, 2.24) is 5.32 Å². The van der Waals surface area contributed by atoms with E-state index < -0.39 is 6.10 Å². The zero-order chi connectivity index (χ0) is 13.2. The average molecular weight is 261 g/mol. The van der Waals surface area contributed by atoms with Crippen molar-refractivity contribution in [1.29, 1.82) is 0 Å². The van der Waals surface area contributed by atoms with Crippen LogP contribution < -0.4 is 5.32 Å². The number of aliphatic hydroxyl groups is 1. The lowest BCUT2D eigenvalue weighted by Gasteiger charge is -2.28. The lowest BCUT2D eigenvalue weighted by atomic mass is 9.93. The van der Waals surface area contributed by atoms with E-state index in [2.05, 4.69) is 5.32 Å². The quantitative estimate of drug-likeness (QED) is 0.594. The van der Waals surface area contributed by atoms with Crippen molar-refractivity contribution in [2.24, 2.45) is 0 Å². The van der Waals surface area contributed by atoms with Crippen LogP contribution in [0.3, 0.4) is 0 Å². The largest absolute Gasteiger partial charge is 0.388 e. The van der Waals surface area contributed by atoms with Gasteiger partial charge in [0.05, 0.1) is 32.5 Å². The minimum Gasteiger partial charge on any atom is -0.388 e. The van der Waals surface area contributed by atoms with E-state index in [1.165, 1.54) is 0 Å². The van der Waals surface area contributed by atoms with Crippen molar-refractivity contribution >= 4 is 0 Å². The topological polar surface area (TPSA) is 60.0 Å². The third kappa shape index (κ3) is 6.66. The summed E-state index contributed by atoms with van der Waals surface area (Å²) in [4.78, 5) is 0. The Bertz CT molecular complexity index is 195. The maximum absolute atomic E-state index is 9.67. The molecule has 1 aliphatic rings. The molecule has 5 heteroatoms. The van der Waals surface area contributed by atoms with Gasteiger partial charge in [-0.2, -0.15) is 0 Å². The average Bonchev–Trinajstić information content (AvgIpc) is 2.42. The smallest absolute Gasteiger partial charge is 0.101 e. The van der Waals surface area contributed by atoms with Crippen molar-refractivity contribution in [3.8, 4) is 0 Å². The molecule has 0 heterocycles. The highest BCUT2D eigenvalue weighted by molar-refractivity contribution is 4.76. The van der Waals surface area contributed by atoms with Crippen molar-refractivity contribution in [3.05, 3.63) is 0 Å². The molecule has 1 aliphatic carbocycles. The number of rotatable bonds is 9. The molecule has 0 radical (unpaired) electrons. The predicted molar refractivity (Wildman–Crippen MR) is 69.8 cm³/mol. The minimum atomic E-state index is -0.538. The summed E-state index contributed by atoms with van der Waals surface area (Å²) < 4.78 is 15.8. The van der Waals surface area contributed by atoms with Crippen molar-refractivity contribution < 1.29 is 19.3 Å². The first kappa shape index (κ1) is 15.9. The predicted octanol–water partition coefficient (Wildman–Crippen LogP) is 0.558. The van der Waals surface area contributed by atoms with Gasteiger partial charge in [0.2, 0.25) is 0 Å². The van der Waals surface area contributed by atoms with Crippen molar-refractivity contribution in [2.75, 3.05) is 40.6 Å². The van der Waals surface area contributed by atoms with Crippen LogP contribution in [0.1, 0.15) is 25.7 Å². The van der Waals surface area contributed by atoms with Crippen LogP contribution in [0.5, 0.6) is 0 Å². The fourth-order valence-corrected chi connectivity index (χ4v) is 2.18. The number of nitrogens with one attached hydrogen (secondary N) is 1. The Kier molecular flexibility index (Phi) is 8.54. The molecule has 0 aromatic rings. The van der Waals surface area contributed by atoms with Gasteiger partial charge in [-0.1, -0.05) is 0 Å². The second kappa shape index (κ2) is 9.69. The molecule has 0 bridgehead atoms. The van der Waals surface area contributed by atoms with Crippen LogP contribution in [0, 0.1) is 0 Å². The van der Waals surface area contributed by atoms with Crippen molar-refractivity contribution in [3.63, 3.8) is 0 Å². The highest BCUT2D eigenvalue weighted by Crippen LogP contribution is 2.20. The second-order valence-corrected chi connectivity index (χ2v) is 4.82. The van der Waals surface area contributed by atoms with E-state index in [0.717, 1.165) is 25.7 Å². The maximum Gasteiger partial charge on any atom is 0.101 e. The molecular weight excluding hydrogens is 234 g/mol. The Labute approximate surface area is 110 Å². The molecule has 0 aromatic heterocycles. The van der Waals surface area contributed by atoms with Gasteiger partial charge in [-0.05, 0) is 32.7 Å². The van der Waals surface area contributed by atoms with E-state index in [1.54, 1.807) is 7.11 Å². The van der Waals surface area contributed by atoms with Gasteiger partial charge in [-0.15, -0.1) is 0 Å². The summed E-state index contributed by atoms with van der Waals surface area (Å²) in [7, 11) is 3.64. The molecule has 0 amide bonds. The molecule has 0 aromatic carbocycles. The molecule has 5 nitrogen and oxygen atoms in total. The Hall–Kier alpha value is -0.200. The summed E-state index contributed by atoms with van der Waals surface area (Å²) in [6.07, 6.45) is 4.21. The minimum absolute atomic E-state index is 0.295. The lowest BCUT2D eigenvalue weighted by molar-refractivity contribution is -0.0588. The number of hydrogen-bond acceptors (Lipinski definition) is 5. The highest BCUT2D eigenvalue weighted by atomic mass is 16.5. The molecule has 18 heavy (non-hydrogen) atoms. The molecule has 1 fully saturated rings. The maximum atomic E-state index is 9.67. The summed E-state index contributed by atoms with van der Waals surface area (Å²) in [6.45, 7) is 1.75. The van der Waals surface area contributed by atoms with E-state index in [0.29, 0.717) is 38.6 Å². The molecular formula is C13H27NO4. The van der Waals surface area contributed by atoms with Gasteiger partial charge in [-0.25, -0.2) is 0 Å². The van der Waals surface area contributed by atoms with Crippen LogP contribution >= 0.6 is 0 Å². The fourth-order valence-electron chi connectivity index (χ4n) is 2.18. The molecule has 0 saturated heterocycles.